The molecule has 1 aliphatic carbocycles. The normalized spacial score (nSPS) is 20.6. The number of halogens is 1. The van der Waals surface area contributed by atoms with Crippen molar-refractivity contribution < 1.29 is 14.3 Å². The number of carbonyl (C=O) groups is 1. The molecule has 0 saturated heterocycles. The van der Waals surface area contributed by atoms with Crippen LogP contribution in [-0.2, 0) is 11.3 Å². The van der Waals surface area contributed by atoms with Gasteiger partial charge in [0.05, 0.1) is 6.61 Å². The van der Waals surface area contributed by atoms with Crippen molar-refractivity contribution >= 4 is 17.5 Å². The zero-order chi connectivity index (χ0) is 17.5. The van der Waals surface area contributed by atoms with E-state index in [0.29, 0.717) is 41.6 Å². The molecule has 6 heteroatoms. The lowest BCUT2D eigenvalue weighted by molar-refractivity contribution is -0.119. The van der Waals surface area contributed by atoms with E-state index < -0.39 is 5.91 Å². The maximum Gasteiger partial charge on any atom is 0.255 e. The summed E-state index contributed by atoms with van der Waals surface area (Å²) >= 11 is 6.38. The number of hydrogen-bond donors (Lipinski definition) is 2. The maximum atomic E-state index is 10.9. The summed E-state index contributed by atoms with van der Waals surface area (Å²) in [6, 6.07) is 4.09. The van der Waals surface area contributed by atoms with E-state index in [1.54, 1.807) is 6.07 Å². The Hall–Kier alpha value is -1.46. The topological polar surface area (TPSA) is 73.6 Å². The van der Waals surface area contributed by atoms with Gasteiger partial charge in [-0.3, -0.25) is 4.79 Å². The van der Waals surface area contributed by atoms with Crippen molar-refractivity contribution in [2.45, 2.75) is 52.1 Å². The summed E-state index contributed by atoms with van der Waals surface area (Å²) in [6.45, 7) is 5.18. The van der Waals surface area contributed by atoms with Gasteiger partial charge in [0.1, 0.15) is 0 Å². The summed E-state index contributed by atoms with van der Waals surface area (Å²) in [5, 5.41) is 4.20. The zero-order valence-electron chi connectivity index (χ0n) is 14.4. The van der Waals surface area contributed by atoms with E-state index in [9.17, 15) is 4.79 Å². The fourth-order valence-electron chi connectivity index (χ4n) is 3.10. The van der Waals surface area contributed by atoms with Crippen LogP contribution in [0.5, 0.6) is 11.5 Å². The second kappa shape index (κ2) is 9.14. The Labute approximate surface area is 148 Å². The van der Waals surface area contributed by atoms with Crippen LogP contribution in [0.1, 0.15) is 45.1 Å². The minimum Gasteiger partial charge on any atom is -0.490 e. The first-order valence-electron chi connectivity index (χ1n) is 8.61. The number of carbonyl (C=O) groups excluding carboxylic acids is 1. The van der Waals surface area contributed by atoms with Gasteiger partial charge in [0, 0.05) is 23.7 Å². The minimum atomic E-state index is -0.536. The second-order valence-electron chi connectivity index (χ2n) is 6.33. The number of ether oxygens (including phenoxy) is 2. The summed E-state index contributed by atoms with van der Waals surface area (Å²) in [7, 11) is 0. The number of primary amides is 1. The Morgan fingerprint density at radius 2 is 2.00 bits per heavy atom. The van der Waals surface area contributed by atoms with Gasteiger partial charge in [-0.15, -0.1) is 0 Å². The van der Waals surface area contributed by atoms with Crippen LogP contribution in [0.2, 0.25) is 5.02 Å². The first kappa shape index (κ1) is 18.9. The highest BCUT2D eigenvalue weighted by molar-refractivity contribution is 6.31. The van der Waals surface area contributed by atoms with E-state index in [-0.39, 0.29) is 6.61 Å². The molecule has 2 atom stereocenters. The highest BCUT2D eigenvalue weighted by Crippen LogP contribution is 2.34. The van der Waals surface area contributed by atoms with Crippen molar-refractivity contribution in [3.05, 3.63) is 22.7 Å². The Morgan fingerprint density at radius 3 is 2.67 bits per heavy atom. The Bertz CT molecular complexity index is 565. The van der Waals surface area contributed by atoms with Crippen LogP contribution in [0.3, 0.4) is 0 Å². The molecule has 1 fully saturated rings. The second-order valence-corrected chi connectivity index (χ2v) is 6.73. The van der Waals surface area contributed by atoms with Crippen LogP contribution in [0, 0.1) is 5.92 Å². The van der Waals surface area contributed by atoms with Gasteiger partial charge in [-0.2, -0.15) is 0 Å². The number of hydrogen-bond acceptors (Lipinski definition) is 4. The van der Waals surface area contributed by atoms with Gasteiger partial charge >= 0.3 is 0 Å². The van der Waals surface area contributed by atoms with E-state index >= 15 is 0 Å². The number of amides is 1. The molecule has 0 heterocycles. The van der Waals surface area contributed by atoms with Crippen LogP contribution in [0.4, 0.5) is 0 Å². The highest BCUT2D eigenvalue weighted by Gasteiger charge is 2.21. The Kier molecular flexibility index (Phi) is 7.18. The van der Waals surface area contributed by atoms with Crippen molar-refractivity contribution in [2.75, 3.05) is 13.2 Å². The van der Waals surface area contributed by atoms with E-state index in [0.717, 1.165) is 5.56 Å². The minimum absolute atomic E-state index is 0.201. The van der Waals surface area contributed by atoms with Gasteiger partial charge < -0.3 is 20.5 Å². The molecule has 1 aromatic rings. The van der Waals surface area contributed by atoms with Crippen molar-refractivity contribution in [1.29, 1.82) is 0 Å². The van der Waals surface area contributed by atoms with E-state index in [2.05, 4.69) is 12.2 Å². The SMILES string of the molecule is CCOc1cc(CN[C@H]2CCCC[C@H]2C)c(Cl)cc1OCC(N)=O. The summed E-state index contributed by atoms with van der Waals surface area (Å²) in [5.74, 6) is 1.17. The van der Waals surface area contributed by atoms with Crippen molar-refractivity contribution in [3.63, 3.8) is 0 Å². The van der Waals surface area contributed by atoms with E-state index in [1.807, 2.05) is 13.0 Å². The third-order valence-electron chi connectivity index (χ3n) is 4.45. The summed E-state index contributed by atoms with van der Waals surface area (Å²) in [6.07, 6.45) is 5.08. The van der Waals surface area contributed by atoms with Crippen LogP contribution < -0.4 is 20.5 Å². The molecule has 1 amide bonds. The molecule has 24 heavy (non-hydrogen) atoms. The highest BCUT2D eigenvalue weighted by atomic mass is 35.5. The average molecular weight is 355 g/mol. The van der Waals surface area contributed by atoms with Crippen molar-refractivity contribution in [3.8, 4) is 11.5 Å². The molecule has 0 unspecified atom stereocenters. The smallest absolute Gasteiger partial charge is 0.255 e. The number of nitrogens with two attached hydrogens (primary N) is 1. The summed E-state index contributed by atoms with van der Waals surface area (Å²) in [4.78, 5) is 10.9. The quantitative estimate of drug-likeness (QED) is 0.751. The molecular weight excluding hydrogens is 328 g/mol. The van der Waals surface area contributed by atoms with Crippen molar-refractivity contribution in [1.82, 2.24) is 5.32 Å². The van der Waals surface area contributed by atoms with Gasteiger partial charge in [-0.1, -0.05) is 31.4 Å². The molecular formula is C18H27ClN2O3. The first-order chi connectivity index (χ1) is 11.5. The number of rotatable bonds is 8. The predicted octanol–water partition coefficient (Wildman–Crippen LogP) is 3.27. The standard InChI is InChI=1S/C18H27ClN2O3/c1-3-23-16-8-13(10-21-15-7-5-4-6-12(15)2)14(19)9-17(16)24-11-18(20)22/h8-9,12,15,21H,3-7,10-11H2,1-2H3,(H2,20,22)/t12-,15+/m1/s1. The van der Waals surface area contributed by atoms with Gasteiger partial charge in [-0.25, -0.2) is 0 Å². The molecule has 5 nitrogen and oxygen atoms in total. The molecule has 2 rings (SSSR count). The molecule has 0 spiro atoms. The van der Waals surface area contributed by atoms with Crippen LogP contribution in [0.15, 0.2) is 12.1 Å². The van der Waals surface area contributed by atoms with E-state index in [4.69, 9.17) is 26.8 Å². The third-order valence-corrected chi connectivity index (χ3v) is 4.80. The van der Waals surface area contributed by atoms with Gasteiger partial charge in [0.15, 0.2) is 18.1 Å². The Balaban J connectivity index is 2.08. The van der Waals surface area contributed by atoms with Gasteiger partial charge in [0.25, 0.3) is 5.91 Å². The lowest BCUT2D eigenvalue weighted by atomic mass is 9.86. The van der Waals surface area contributed by atoms with Gasteiger partial charge in [0.2, 0.25) is 0 Å². The lowest BCUT2D eigenvalue weighted by Crippen LogP contribution is -2.36. The lowest BCUT2D eigenvalue weighted by Gasteiger charge is -2.30. The monoisotopic (exact) mass is 354 g/mol. The average Bonchev–Trinajstić information content (AvgIpc) is 2.55. The molecule has 1 saturated carbocycles. The largest absolute Gasteiger partial charge is 0.490 e. The van der Waals surface area contributed by atoms with Crippen molar-refractivity contribution in [2.24, 2.45) is 11.7 Å². The fourth-order valence-corrected chi connectivity index (χ4v) is 3.32. The molecule has 1 aliphatic rings. The van der Waals surface area contributed by atoms with Crippen LogP contribution >= 0.6 is 11.6 Å². The molecule has 134 valence electrons. The first-order valence-corrected chi connectivity index (χ1v) is 8.98. The molecule has 0 aliphatic heterocycles. The molecule has 1 aromatic carbocycles. The van der Waals surface area contributed by atoms with E-state index in [1.165, 1.54) is 25.7 Å². The maximum absolute atomic E-state index is 10.9. The molecule has 0 aromatic heterocycles. The van der Waals surface area contributed by atoms with Gasteiger partial charge in [-0.05, 0) is 37.3 Å². The summed E-state index contributed by atoms with van der Waals surface area (Å²) in [5.41, 5.74) is 6.09. The fraction of sp³-hybridized carbons (Fsp3) is 0.611. The number of benzene rings is 1. The molecule has 3 N–H and O–H groups in total. The predicted molar refractivity (Wildman–Crippen MR) is 95.6 cm³/mol. The zero-order valence-corrected chi connectivity index (χ0v) is 15.2. The summed E-state index contributed by atoms with van der Waals surface area (Å²) < 4.78 is 11.0. The third kappa shape index (κ3) is 5.28. The van der Waals surface area contributed by atoms with Crippen LogP contribution in [-0.4, -0.2) is 25.2 Å². The molecule has 0 bridgehead atoms. The number of nitrogens with one attached hydrogen (secondary N) is 1. The Morgan fingerprint density at radius 1 is 1.29 bits per heavy atom. The van der Waals surface area contributed by atoms with Crippen LogP contribution in [0.25, 0.3) is 0 Å². The molecule has 0 radical (unpaired) electrons.